The Morgan fingerprint density at radius 1 is 1.13 bits per heavy atom. The van der Waals surface area contributed by atoms with Crippen LogP contribution < -0.4 is 5.32 Å². The SMILES string of the molecule is CN(C(=O)NCCCC1(C(F)(F)F)CC1)C12CCC(CC1)CC2. The molecule has 4 aliphatic carbocycles. The molecule has 1 N–H and O–H groups in total. The van der Waals surface area contributed by atoms with Crippen molar-refractivity contribution < 1.29 is 18.0 Å². The van der Waals surface area contributed by atoms with E-state index < -0.39 is 11.6 Å². The molecule has 4 aliphatic rings. The second kappa shape index (κ2) is 5.85. The van der Waals surface area contributed by atoms with Gasteiger partial charge in [-0.15, -0.1) is 0 Å². The maximum absolute atomic E-state index is 12.9. The van der Waals surface area contributed by atoms with Gasteiger partial charge in [-0.05, 0) is 70.1 Å². The van der Waals surface area contributed by atoms with Crippen LogP contribution in [0.5, 0.6) is 0 Å². The van der Waals surface area contributed by atoms with Crippen LogP contribution in [0.25, 0.3) is 0 Å². The van der Waals surface area contributed by atoms with Crippen molar-refractivity contribution in [3.63, 3.8) is 0 Å². The highest BCUT2D eigenvalue weighted by Gasteiger charge is 2.62. The molecule has 4 fully saturated rings. The first-order chi connectivity index (χ1) is 10.8. The Morgan fingerprint density at radius 3 is 2.17 bits per heavy atom. The van der Waals surface area contributed by atoms with Gasteiger partial charge in [0, 0.05) is 19.1 Å². The summed E-state index contributed by atoms with van der Waals surface area (Å²) in [5.41, 5.74) is -1.47. The van der Waals surface area contributed by atoms with Crippen LogP contribution in [0.15, 0.2) is 0 Å². The molecule has 0 aromatic heterocycles. The molecule has 4 rings (SSSR count). The molecule has 0 saturated heterocycles. The molecule has 23 heavy (non-hydrogen) atoms. The van der Waals surface area contributed by atoms with Gasteiger partial charge in [0.15, 0.2) is 0 Å². The van der Waals surface area contributed by atoms with E-state index in [2.05, 4.69) is 5.32 Å². The minimum Gasteiger partial charge on any atom is -0.338 e. The number of carbonyl (C=O) groups is 1. The minimum atomic E-state index is -4.09. The average molecular weight is 332 g/mol. The molecule has 0 aliphatic heterocycles. The molecule has 0 aromatic carbocycles. The van der Waals surface area contributed by atoms with Gasteiger partial charge in [0.25, 0.3) is 0 Å². The Bertz CT molecular complexity index is 437. The minimum absolute atomic E-state index is 0.0114. The van der Waals surface area contributed by atoms with E-state index in [9.17, 15) is 18.0 Å². The zero-order chi connectivity index (χ0) is 16.7. The number of amides is 2. The largest absolute Gasteiger partial charge is 0.394 e. The van der Waals surface area contributed by atoms with Crippen LogP contribution >= 0.6 is 0 Å². The van der Waals surface area contributed by atoms with Crippen molar-refractivity contribution in [2.24, 2.45) is 11.3 Å². The molecule has 3 nitrogen and oxygen atoms in total. The Hall–Kier alpha value is -0.940. The molecule has 0 spiro atoms. The Balaban J connectivity index is 1.43. The number of alkyl halides is 3. The van der Waals surface area contributed by atoms with Crippen LogP contribution in [-0.2, 0) is 0 Å². The van der Waals surface area contributed by atoms with Gasteiger partial charge in [-0.1, -0.05) is 0 Å². The van der Waals surface area contributed by atoms with E-state index in [1.807, 2.05) is 11.9 Å². The summed E-state index contributed by atoms with van der Waals surface area (Å²) in [7, 11) is 1.85. The summed E-state index contributed by atoms with van der Waals surface area (Å²) in [6, 6.07) is -0.123. The number of hydrogen-bond acceptors (Lipinski definition) is 1. The normalized spacial score (nSPS) is 31.7. The number of halogens is 3. The van der Waals surface area contributed by atoms with Crippen molar-refractivity contribution in [3.05, 3.63) is 0 Å². The van der Waals surface area contributed by atoms with E-state index in [-0.39, 0.29) is 30.8 Å². The lowest BCUT2D eigenvalue weighted by Gasteiger charge is -2.51. The van der Waals surface area contributed by atoms with Gasteiger partial charge in [0.05, 0.1) is 5.41 Å². The molecule has 0 heterocycles. The highest BCUT2D eigenvalue weighted by molar-refractivity contribution is 5.74. The van der Waals surface area contributed by atoms with Crippen molar-refractivity contribution in [3.8, 4) is 0 Å². The predicted molar refractivity (Wildman–Crippen MR) is 82.0 cm³/mol. The van der Waals surface area contributed by atoms with Crippen molar-refractivity contribution in [2.45, 2.75) is 75.9 Å². The Kier molecular flexibility index (Phi) is 4.30. The maximum Gasteiger partial charge on any atom is 0.394 e. The van der Waals surface area contributed by atoms with E-state index in [1.165, 1.54) is 19.3 Å². The summed E-state index contributed by atoms with van der Waals surface area (Å²) in [4.78, 5) is 14.2. The average Bonchev–Trinajstić information content (AvgIpc) is 3.33. The first-order valence-electron chi connectivity index (χ1n) is 8.87. The molecule has 6 heteroatoms. The highest BCUT2D eigenvalue weighted by Crippen LogP contribution is 2.60. The highest BCUT2D eigenvalue weighted by atomic mass is 19.4. The molecule has 132 valence electrons. The lowest BCUT2D eigenvalue weighted by molar-refractivity contribution is -0.189. The molecule has 2 bridgehead atoms. The molecular formula is C17H27F3N2O. The molecule has 0 radical (unpaired) electrons. The summed E-state index contributed by atoms with van der Waals surface area (Å²) in [5, 5.41) is 2.83. The van der Waals surface area contributed by atoms with Crippen LogP contribution in [-0.4, -0.2) is 36.2 Å². The maximum atomic E-state index is 12.9. The quantitative estimate of drug-likeness (QED) is 0.740. The van der Waals surface area contributed by atoms with Crippen molar-refractivity contribution in [1.29, 1.82) is 0 Å². The summed E-state index contributed by atoms with van der Waals surface area (Å²) >= 11 is 0. The zero-order valence-electron chi connectivity index (χ0n) is 13.8. The number of fused-ring (bicyclic) bond motifs is 3. The van der Waals surface area contributed by atoms with E-state index in [0.29, 0.717) is 13.0 Å². The fourth-order valence-corrected chi connectivity index (χ4v) is 4.51. The van der Waals surface area contributed by atoms with Gasteiger partial charge in [-0.3, -0.25) is 0 Å². The number of hydrogen-bond donors (Lipinski definition) is 1. The Labute approximate surface area is 136 Å². The fraction of sp³-hybridized carbons (Fsp3) is 0.941. The number of urea groups is 1. The topological polar surface area (TPSA) is 32.3 Å². The zero-order valence-corrected chi connectivity index (χ0v) is 13.8. The van der Waals surface area contributed by atoms with Crippen LogP contribution in [0, 0.1) is 11.3 Å². The monoisotopic (exact) mass is 332 g/mol. The standard InChI is InChI=1S/C17H27F3N2O/c1-22(16-7-3-13(4-8-16)5-9-16)14(23)21-12-2-6-15(10-11-15)17(18,19)20/h13H,2-12H2,1H3,(H,21,23). The van der Waals surface area contributed by atoms with E-state index in [4.69, 9.17) is 0 Å². The van der Waals surface area contributed by atoms with Crippen molar-refractivity contribution >= 4 is 6.03 Å². The lowest BCUT2D eigenvalue weighted by atomic mass is 9.65. The van der Waals surface area contributed by atoms with Crippen molar-refractivity contribution in [1.82, 2.24) is 10.2 Å². The summed E-state index contributed by atoms with van der Waals surface area (Å²) in [6.45, 7) is 0.333. The van der Waals surface area contributed by atoms with Crippen LogP contribution in [0.4, 0.5) is 18.0 Å². The predicted octanol–water partition coefficient (Wildman–Crippen LogP) is 4.47. The van der Waals surface area contributed by atoms with E-state index >= 15 is 0 Å². The third-order valence-corrected chi connectivity index (χ3v) is 6.63. The van der Waals surface area contributed by atoms with Gasteiger partial charge in [0.2, 0.25) is 0 Å². The Morgan fingerprint density at radius 2 is 1.70 bits per heavy atom. The van der Waals surface area contributed by atoms with Gasteiger partial charge < -0.3 is 10.2 Å². The van der Waals surface area contributed by atoms with Crippen LogP contribution in [0.1, 0.15) is 64.2 Å². The van der Waals surface area contributed by atoms with Crippen LogP contribution in [0.3, 0.4) is 0 Å². The molecular weight excluding hydrogens is 305 g/mol. The fourth-order valence-electron chi connectivity index (χ4n) is 4.51. The summed E-state index contributed by atoms with van der Waals surface area (Å²) < 4.78 is 38.6. The number of nitrogens with zero attached hydrogens (tertiary/aromatic N) is 1. The first kappa shape index (κ1) is 16.9. The van der Waals surface area contributed by atoms with Gasteiger partial charge >= 0.3 is 12.2 Å². The van der Waals surface area contributed by atoms with Gasteiger partial charge in [-0.2, -0.15) is 13.2 Å². The molecule has 0 aromatic rings. The number of carbonyl (C=O) groups excluding carboxylic acids is 1. The van der Waals surface area contributed by atoms with Crippen molar-refractivity contribution in [2.75, 3.05) is 13.6 Å². The van der Waals surface area contributed by atoms with E-state index in [0.717, 1.165) is 25.2 Å². The smallest absolute Gasteiger partial charge is 0.338 e. The molecule has 4 saturated carbocycles. The summed E-state index contributed by atoms with van der Waals surface area (Å²) in [5.74, 6) is 0.838. The van der Waals surface area contributed by atoms with Gasteiger partial charge in [0.1, 0.15) is 0 Å². The molecule has 2 amide bonds. The summed E-state index contributed by atoms with van der Waals surface area (Å²) in [6.07, 6.45) is 3.73. The third kappa shape index (κ3) is 3.18. The molecule has 0 atom stereocenters. The van der Waals surface area contributed by atoms with Gasteiger partial charge in [-0.25, -0.2) is 4.79 Å². The lowest BCUT2D eigenvalue weighted by Crippen LogP contribution is -2.57. The first-order valence-corrected chi connectivity index (χ1v) is 8.87. The second-order valence-electron chi connectivity index (χ2n) is 7.88. The van der Waals surface area contributed by atoms with E-state index in [1.54, 1.807) is 0 Å². The third-order valence-electron chi connectivity index (χ3n) is 6.63. The second-order valence-corrected chi connectivity index (χ2v) is 7.88. The number of rotatable bonds is 5. The molecule has 0 unspecified atom stereocenters. The number of nitrogens with one attached hydrogen (secondary N) is 1. The van der Waals surface area contributed by atoms with Crippen LogP contribution in [0.2, 0.25) is 0 Å².